The van der Waals surface area contributed by atoms with Crippen molar-refractivity contribution in [1.29, 1.82) is 0 Å². The number of nitrogens with zero attached hydrogens (tertiary/aromatic N) is 3. The third-order valence-electron chi connectivity index (χ3n) is 4.27. The van der Waals surface area contributed by atoms with Crippen LogP contribution >= 0.6 is 0 Å². The summed E-state index contributed by atoms with van der Waals surface area (Å²) in [4.78, 5) is 4.41. The molecular formula is C20H13F4N3. The van der Waals surface area contributed by atoms with Crippen LogP contribution in [0.5, 0.6) is 0 Å². The van der Waals surface area contributed by atoms with Crippen molar-refractivity contribution < 1.29 is 17.6 Å². The maximum atomic E-state index is 13.6. The van der Waals surface area contributed by atoms with Crippen molar-refractivity contribution in [2.75, 3.05) is 0 Å². The fraction of sp³-hybridized carbons (Fsp3) is 0.100. The summed E-state index contributed by atoms with van der Waals surface area (Å²) in [6.07, 6.45) is -3.43. The molecule has 4 rings (SSSR count). The highest BCUT2D eigenvalue weighted by atomic mass is 19.4. The van der Waals surface area contributed by atoms with Gasteiger partial charge in [-0.2, -0.15) is 18.3 Å². The third kappa shape index (κ3) is 3.16. The molecule has 4 aromatic rings. The average Bonchev–Trinajstić information content (AvgIpc) is 3.05. The smallest absolute Gasteiger partial charge is 0.228 e. The SMILES string of the molecule is Cc1ccc(-c2cc(C(F)(F)F)c3cnn(-c4ccc(F)cc4)c3n2)cc1. The van der Waals surface area contributed by atoms with E-state index < -0.39 is 17.6 Å². The molecule has 136 valence electrons. The van der Waals surface area contributed by atoms with Gasteiger partial charge in [-0.1, -0.05) is 29.8 Å². The van der Waals surface area contributed by atoms with Crippen LogP contribution in [-0.4, -0.2) is 14.8 Å². The summed E-state index contributed by atoms with van der Waals surface area (Å²) in [5.74, 6) is -0.445. The second-order valence-electron chi connectivity index (χ2n) is 6.19. The molecule has 0 bridgehead atoms. The van der Waals surface area contributed by atoms with Gasteiger partial charge in [0.15, 0.2) is 5.65 Å². The highest BCUT2D eigenvalue weighted by Gasteiger charge is 2.34. The van der Waals surface area contributed by atoms with Crippen molar-refractivity contribution >= 4 is 11.0 Å². The average molecular weight is 371 g/mol. The third-order valence-corrected chi connectivity index (χ3v) is 4.27. The fourth-order valence-corrected chi connectivity index (χ4v) is 2.88. The zero-order valence-corrected chi connectivity index (χ0v) is 14.1. The quantitative estimate of drug-likeness (QED) is 0.432. The second-order valence-corrected chi connectivity index (χ2v) is 6.19. The van der Waals surface area contributed by atoms with Crippen molar-refractivity contribution in [3.63, 3.8) is 0 Å². The van der Waals surface area contributed by atoms with Crippen LogP contribution in [0.3, 0.4) is 0 Å². The molecule has 0 aliphatic carbocycles. The maximum Gasteiger partial charge on any atom is 0.417 e. The van der Waals surface area contributed by atoms with Crippen LogP contribution in [0.4, 0.5) is 17.6 Å². The summed E-state index contributed by atoms with van der Waals surface area (Å²) >= 11 is 0. The Labute approximate surface area is 151 Å². The molecule has 0 spiro atoms. The summed E-state index contributed by atoms with van der Waals surface area (Å²) in [6, 6.07) is 13.4. The van der Waals surface area contributed by atoms with Gasteiger partial charge in [0.05, 0.1) is 28.5 Å². The Bertz CT molecular complexity index is 1110. The predicted octanol–water partition coefficient (Wildman–Crippen LogP) is 5.55. The van der Waals surface area contributed by atoms with Gasteiger partial charge in [0, 0.05) is 5.56 Å². The number of pyridine rings is 1. The van der Waals surface area contributed by atoms with Crippen LogP contribution in [0.25, 0.3) is 28.0 Å². The standard InChI is InChI=1S/C20H13F4N3/c1-12-2-4-13(5-3-12)18-10-17(20(22,23)24)16-11-25-27(19(16)26-18)15-8-6-14(21)7-9-15/h2-11H,1H3. The minimum atomic E-state index is -4.56. The van der Waals surface area contributed by atoms with E-state index in [1.807, 2.05) is 19.1 Å². The molecule has 0 unspecified atom stereocenters. The first-order valence-corrected chi connectivity index (χ1v) is 8.12. The van der Waals surface area contributed by atoms with E-state index >= 15 is 0 Å². The van der Waals surface area contributed by atoms with Gasteiger partial charge in [-0.25, -0.2) is 14.1 Å². The van der Waals surface area contributed by atoms with Crippen LogP contribution in [0.2, 0.25) is 0 Å². The molecule has 3 nitrogen and oxygen atoms in total. The van der Waals surface area contributed by atoms with E-state index in [0.717, 1.165) is 17.8 Å². The molecule has 0 aliphatic rings. The lowest BCUT2D eigenvalue weighted by atomic mass is 10.1. The molecule has 0 amide bonds. The summed E-state index contributed by atoms with van der Waals surface area (Å²) in [5.41, 5.74) is 1.43. The van der Waals surface area contributed by atoms with Gasteiger partial charge in [-0.15, -0.1) is 0 Å². The van der Waals surface area contributed by atoms with Crippen molar-refractivity contribution in [2.45, 2.75) is 13.1 Å². The van der Waals surface area contributed by atoms with Gasteiger partial charge in [0.25, 0.3) is 0 Å². The summed E-state index contributed by atoms with van der Waals surface area (Å²) < 4.78 is 55.3. The normalized spacial score (nSPS) is 11.9. The van der Waals surface area contributed by atoms with Gasteiger partial charge in [0.1, 0.15) is 5.82 Å². The van der Waals surface area contributed by atoms with Crippen LogP contribution in [0.15, 0.2) is 60.8 Å². The van der Waals surface area contributed by atoms with Crippen molar-refractivity contribution in [3.05, 3.63) is 77.7 Å². The Balaban J connectivity index is 1.99. The monoisotopic (exact) mass is 371 g/mol. The summed E-state index contributed by atoms with van der Waals surface area (Å²) in [6.45, 7) is 1.89. The van der Waals surface area contributed by atoms with E-state index in [-0.39, 0.29) is 16.7 Å². The van der Waals surface area contributed by atoms with Gasteiger partial charge in [-0.3, -0.25) is 0 Å². The minimum absolute atomic E-state index is 0.0620. The van der Waals surface area contributed by atoms with Gasteiger partial charge in [-0.05, 0) is 37.3 Å². The van der Waals surface area contributed by atoms with Crippen molar-refractivity contribution in [3.8, 4) is 16.9 Å². The van der Waals surface area contributed by atoms with E-state index in [1.165, 1.54) is 28.9 Å². The first-order chi connectivity index (χ1) is 12.8. The number of aromatic nitrogens is 3. The predicted molar refractivity (Wildman–Crippen MR) is 94.0 cm³/mol. The minimum Gasteiger partial charge on any atom is -0.228 e. The Morgan fingerprint density at radius 1 is 0.926 bits per heavy atom. The van der Waals surface area contributed by atoms with Crippen LogP contribution in [0, 0.1) is 12.7 Å². The number of halogens is 4. The number of benzene rings is 2. The molecule has 0 aliphatic heterocycles. The van der Waals surface area contributed by atoms with E-state index in [0.29, 0.717) is 11.3 Å². The van der Waals surface area contributed by atoms with E-state index in [1.54, 1.807) is 12.1 Å². The molecule has 0 saturated carbocycles. The topological polar surface area (TPSA) is 30.7 Å². The molecular weight excluding hydrogens is 358 g/mol. The lowest BCUT2D eigenvalue weighted by molar-refractivity contribution is -0.136. The van der Waals surface area contributed by atoms with E-state index in [2.05, 4.69) is 10.1 Å². The molecule has 27 heavy (non-hydrogen) atoms. The molecule has 0 N–H and O–H groups in total. The van der Waals surface area contributed by atoms with Crippen molar-refractivity contribution in [1.82, 2.24) is 14.8 Å². The largest absolute Gasteiger partial charge is 0.417 e. The molecule has 0 radical (unpaired) electrons. The molecule has 0 saturated heterocycles. The Hall–Kier alpha value is -3.22. The number of hydrogen-bond donors (Lipinski definition) is 0. The van der Waals surface area contributed by atoms with Gasteiger partial charge in [0.2, 0.25) is 0 Å². The van der Waals surface area contributed by atoms with Crippen molar-refractivity contribution in [2.24, 2.45) is 0 Å². The second kappa shape index (κ2) is 6.19. The zero-order chi connectivity index (χ0) is 19.2. The number of fused-ring (bicyclic) bond motifs is 1. The molecule has 7 heteroatoms. The molecule has 0 fully saturated rings. The van der Waals surface area contributed by atoms with Crippen LogP contribution in [-0.2, 0) is 6.18 Å². The van der Waals surface area contributed by atoms with Gasteiger partial charge >= 0.3 is 6.18 Å². The number of hydrogen-bond acceptors (Lipinski definition) is 2. The molecule has 2 heterocycles. The summed E-state index contributed by atoms with van der Waals surface area (Å²) in [7, 11) is 0. The highest BCUT2D eigenvalue weighted by molar-refractivity contribution is 5.84. The maximum absolute atomic E-state index is 13.6. The van der Waals surface area contributed by atoms with Crippen LogP contribution in [0.1, 0.15) is 11.1 Å². The number of aryl methyl sites for hydroxylation is 1. The first kappa shape index (κ1) is 17.2. The molecule has 2 aromatic heterocycles. The summed E-state index contributed by atoms with van der Waals surface area (Å²) in [5, 5.41) is 3.94. The van der Waals surface area contributed by atoms with Crippen LogP contribution < -0.4 is 0 Å². The zero-order valence-electron chi connectivity index (χ0n) is 14.1. The number of rotatable bonds is 2. The van der Waals surface area contributed by atoms with E-state index in [4.69, 9.17) is 0 Å². The first-order valence-electron chi connectivity index (χ1n) is 8.12. The Morgan fingerprint density at radius 2 is 1.59 bits per heavy atom. The molecule has 0 atom stereocenters. The highest BCUT2D eigenvalue weighted by Crippen LogP contribution is 2.37. The Morgan fingerprint density at radius 3 is 2.22 bits per heavy atom. The molecule has 2 aromatic carbocycles. The van der Waals surface area contributed by atoms with Gasteiger partial charge < -0.3 is 0 Å². The fourth-order valence-electron chi connectivity index (χ4n) is 2.88. The lowest BCUT2D eigenvalue weighted by Gasteiger charge is -2.11. The lowest BCUT2D eigenvalue weighted by Crippen LogP contribution is -2.07. The Kier molecular flexibility index (Phi) is 3.95. The number of alkyl halides is 3. The van der Waals surface area contributed by atoms with E-state index in [9.17, 15) is 17.6 Å².